The number of nitrogens with one attached hydrogen (secondary N) is 1. The lowest BCUT2D eigenvalue weighted by Crippen LogP contribution is -2.21. The smallest absolute Gasteiger partial charge is 0.381 e. The zero-order chi connectivity index (χ0) is 18.3. The number of hydrogen-bond acceptors (Lipinski definition) is 3. The summed E-state index contributed by atoms with van der Waals surface area (Å²) in [5.41, 5.74) is 0.606. The molecular formula is C19H16F3N3O. The van der Waals surface area contributed by atoms with E-state index in [0.29, 0.717) is 23.1 Å². The summed E-state index contributed by atoms with van der Waals surface area (Å²) in [6.45, 7) is 0.675. The van der Waals surface area contributed by atoms with Crippen LogP contribution in [-0.2, 0) is 25.7 Å². The lowest BCUT2D eigenvalue weighted by Gasteiger charge is -2.14. The highest BCUT2D eigenvalue weighted by Gasteiger charge is 2.32. The molecule has 1 aliphatic rings. The molecule has 0 atom stereocenters. The van der Waals surface area contributed by atoms with Gasteiger partial charge in [0.25, 0.3) is 5.56 Å². The lowest BCUT2D eigenvalue weighted by molar-refractivity contribution is -0.138. The summed E-state index contributed by atoms with van der Waals surface area (Å²) in [6, 6.07) is 10.6. The summed E-state index contributed by atoms with van der Waals surface area (Å²) in [4.78, 5) is 17.1. The second kappa shape index (κ2) is 6.16. The average molecular weight is 359 g/mol. The van der Waals surface area contributed by atoms with Crippen molar-refractivity contribution < 1.29 is 13.2 Å². The fraction of sp³-hybridized carbons (Fsp3) is 0.263. The zero-order valence-corrected chi connectivity index (χ0v) is 13.8. The molecule has 0 saturated carbocycles. The van der Waals surface area contributed by atoms with E-state index in [1.165, 1.54) is 12.1 Å². The van der Waals surface area contributed by atoms with Crippen molar-refractivity contribution in [3.63, 3.8) is 0 Å². The van der Waals surface area contributed by atoms with E-state index < -0.39 is 11.7 Å². The first-order valence-corrected chi connectivity index (χ1v) is 8.36. The Labute approximate surface area is 147 Å². The molecule has 2 aromatic carbocycles. The van der Waals surface area contributed by atoms with E-state index in [-0.39, 0.29) is 17.7 Å². The van der Waals surface area contributed by atoms with Crippen LogP contribution in [0.15, 0.2) is 47.3 Å². The molecule has 134 valence electrons. The van der Waals surface area contributed by atoms with Gasteiger partial charge >= 0.3 is 6.18 Å². The highest BCUT2D eigenvalue weighted by atomic mass is 19.4. The molecule has 0 amide bonds. The predicted molar refractivity (Wildman–Crippen MR) is 93.1 cm³/mol. The molecular weight excluding hydrogens is 343 g/mol. The van der Waals surface area contributed by atoms with Crippen molar-refractivity contribution in [1.29, 1.82) is 0 Å². The topological polar surface area (TPSA) is 46.9 Å². The van der Waals surface area contributed by atoms with Crippen LogP contribution in [0.3, 0.4) is 0 Å². The SMILES string of the molecule is O=c1c2cc(NCc3ccccc3C(F)(F)F)ccc2nc2n1CCC2. The third-order valence-electron chi connectivity index (χ3n) is 4.62. The Morgan fingerprint density at radius 1 is 1.15 bits per heavy atom. The Kier molecular flexibility index (Phi) is 3.94. The summed E-state index contributed by atoms with van der Waals surface area (Å²) in [7, 11) is 0. The van der Waals surface area contributed by atoms with Crippen molar-refractivity contribution in [1.82, 2.24) is 9.55 Å². The molecule has 0 spiro atoms. The van der Waals surface area contributed by atoms with Crippen molar-refractivity contribution in [3.05, 3.63) is 69.8 Å². The van der Waals surface area contributed by atoms with Gasteiger partial charge in [0.1, 0.15) is 5.82 Å². The minimum atomic E-state index is -4.40. The Morgan fingerprint density at radius 2 is 1.96 bits per heavy atom. The number of benzene rings is 2. The van der Waals surface area contributed by atoms with E-state index in [1.54, 1.807) is 28.8 Å². The fourth-order valence-corrected chi connectivity index (χ4v) is 3.34. The largest absolute Gasteiger partial charge is 0.416 e. The van der Waals surface area contributed by atoms with E-state index in [1.807, 2.05) is 0 Å². The van der Waals surface area contributed by atoms with Gasteiger partial charge in [-0.05, 0) is 36.2 Å². The van der Waals surface area contributed by atoms with Crippen LogP contribution in [0.2, 0.25) is 0 Å². The van der Waals surface area contributed by atoms with Crippen molar-refractivity contribution in [2.24, 2.45) is 0 Å². The Morgan fingerprint density at radius 3 is 2.77 bits per heavy atom. The van der Waals surface area contributed by atoms with Gasteiger partial charge in [0, 0.05) is 25.2 Å². The van der Waals surface area contributed by atoms with Crippen molar-refractivity contribution >= 4 is 16.6 Å². The third kappa shape index (κ3) is 2.94. The number of hydrogen-bond donors (Lipinski definition) is 1. The summed E-state index contributed by atoms with van der Waals surface area (Å²) < 4.78 is 40.9. The van der Waals surface area contributed by atoms with Crippen molar-refractivity contribution in [2.75, 3.05) is 5.32 Å². The summed E-state index contributed by atoms with van der Waals surface area (Å²) in [5, 5.41) is 3.46. The van der Waals surface area contributed by atoms with Gasteiger partial charge in [0.05, 0.1) is 16.5 Å². The Bertz CT molecular complexity index is 1040. The van der Waals surface area contributed by atoms with Gasteiger partial charge in [-0.3, -0.25) is 9.36 Å². The van der Waals surface area contributed by atoms with E-state index in [2.05, 4.69) is 10.3 Å². The number of halogens is 3. The van der Waals surface area contributed by atoms with E-state index in [0.717, 1.165) is 24.7 Å². The molecule has 0 aliphatic carbocycles. The molecule has 2 heterocycles. The molecule has 4 nitrogen and oxygen atoms in total. The van der Waals surface area contributed by atoms with Crippen LogP contribution in [0.5, 0.6) is 0 Å². The lowest BCUT2D eigenvalue weighted by atomic mass is 10.1. The molecule has 0 unspecified atom stereocenters. The summed E-state index contributed by atoms with van der Waals surface area (Å²) in [6.07, 6.45) is -2.71. The van der Waals surface area contributed by atoms with E-state index >= 15 is 0 Å². The first-order chi connectivity index (χ1) is 12.4. The molecule has 7 heteroatoms. The second-order valence-electron chi connectivity index (χ2n) is 6.33. The van der Waals surface area contributed by atoms with E-state index in [9.17, 15) is 18.0 Å². The van der Waals surface area contributed by atoms with Crippen LogP contribution in [-0.4, -0.2) is 9.55 Å². The van der Waals surface area contributed by atoms with E-state index in [4.69, 9.17) is 0 Å². The van der Waals surface area contributed by atoms with Crippen molar-refractivity contribution in [2.45, 2.75) is 32.1 Å². The molecule has 0 bridgehead atoms. The number of aryl methyl sites for hydroxylation is 1. The maximum absolute atomic E-state index is 13.1. The van der Waals surface area contributed by atoms with Crippen LogP contribution in [0.1, 0.15) is 23.4 Å². The number of rotatable bonds is 3. The third-order valence-corrected chi connectivity index (χ3v) is 4.62. The number of fused-ring (bicyclic) bond motifs is 2. The van der Waals surface area contributed by atoms with Gasteiger partial charge in [0.2, 0.25) is 0 Å². The molecule has 1 aliphatic heterocycles. The quantitative estimate of drug-likeness (QED) is 0.770. The zero-order valence-electron chi connectivity index (χ0n) is 13.8. The van der Waals surface area contributed by atoms with Crippen LogP contribution in [0.25, 0.3) is 10.9 Å². The standard InChI is InChI=1S/C19H16F3N3O/c20-19(21,22)15-5-2-1-4-12(15)11-23-13-7-8-16-14(10-13)18(26)25-9-3-6-17(25)24-16/h1-2,4-5,7-8,10,23H,3,6,9,11H2. The molecule has 1 aromatic heterocycles. The van der Waals surface area contributed by atoms with Gasteiger partial charge in [-0.15, -0.1) is 0 Å². The first kappa shape index (κ1) is 16.6. The van der Waals surface area contributed by atoms with Crippen molar-refractivity contribution in [3.8, 4) is 0 Å². The summed E-state index contributed by atoms with van der Waals surface area (Å²) >= 11 is 0. The maximum atomic E-state index is 13.1. The highest BCUT2D eigenvalue weighted by molar-refractivity contribution is 5.81. The average Bonchev–Trinajstić information content (AvgIpc) is 3.08. The number of anilines is 1. The minimum Gasteiger partial charge on any atom is -0.381 e. The maximum Gasteiger partial charge on any atom is 0.416 e. The molecule has 4 rings (SSSR count). The predicted octanol–water partition coefficient (Wildman–Crippen LogP) is 3.97. The Balaban J connectivity index is 1.64. The molecule has 3 aromatic rings. The molecule has 0 radical (unpaired) electrons. The molecule has 1 N–H and O–H groups in total. The number of alkyl halides is 3. The molecule has 0 saturated heterocycles. The fourth-order valence-electron chi connectivity index (χ4n) is 3.34. The second-order valence-corrected chi connectivity index (χ2v) is 6.33. The van der Waals surface area contributed by atoms with Gasteiger partial charge in [-0.2, -0.15) is 13.2 Å². The monoisotopic (exact) mass is 359 g/mol. The molecule has 0 fully saturated rings. The van der Waals surface area contributed by atoms with Crippen LogP contribution in [0, 0.1) is 0 Å². The number of aromatic nitrogens is 2. The van der Waals surface area contributed by atoms with Gasteiger partial charge in [-0.25, -0.2) is 4.98 Å². The van der Waals surface area contributed by atoms with Crippen LogP contribution >= 0.6 is 0 Å². The van der Waals surface area contributed by atoms with Crippen LogP contribution < -0.4 is 10.9 Å². The first-order valence-electron chi connectivity index (χ1n) is 8.36. The van der Waals surface area contributed by atoms with Gasteiger partial charge in [-0.1, -0.05) is 18.2 Å². The van der Waals surface area contributed by atoms with Gasteiger partial charge < -0.3 is 5.32 Å². The van der Waals surface area contributed by atoms with Gasteiger partial charge in [0.15, 0.2) is 0 Å². The van der Waals surface area contributed by atoms with Crippen LogP contribution in [0.4, 0.5) is 18.9 Å². The number of nitrogens with zero attached hydrogens (tertiary/aromatic N) is 2. The Hall–Kier alpha value is -2.83. The minimum absolute atomic E-state index is 0.0148. The normalized spacial score (nSPS) is 13.8. The molecule has 26 heavy (non-hydrogen) atoms. The summed E-state index contributed by atoms with van der Waals surface area (Å²) in [5.74, 6) is 0.794. The highest BCUT2D eigenvalue weighted by Crippen LogP contribution is 2.32.